The first-order valence-corrected chi connectivity index (χ1v) is 6.85. The predicted molar refractivity (Wildman–Crippen MR) is 80.0 cm³/mol. The molecule has 0 aliphatic heterocycles. The third-order valence-corrected chi connectivity index (χ3v) is 3.02. The lowest BCUT2D eigenvalue weighted by Gasteiger charge is -2.05. The van der Waals surface area contributed by atoms with Gasteiger partial charge in [-0.25, -0.2) is 0 Å². The summed E-state index contributed by atoms with van der Waals surface area (Å²) in [7, 11) is 1.82. The normalized spacial score (nSPS) is 10.5. The zero-order valence-corrected chi connectivity index (χ0v) is 11.9. The summed E-state index contributed by atoms with van der Waals surface area (Å²) in [6, 6.07) is 7.41. The van der Waals surface area contributed by atoms with Crippen LogP contribution in [-0.4, -0.2) is 48.7 Å². The Bertz CT molecular complexity index is 623. The SMILES string of the molecule is CNCCNC(=O)CCNC(=O)c1n[nH]c2ccccc12. The van der Waals surface area contributed by atoms with Crippen molar-refractivity contribution >= 4 is 22.7 Å². The number of para-hydroxylation sites is 1. The molecule has 1 heterocycles. The molecule has 2 rings (SSSR count). The fraction of sp³-hybridized carbons (Fsp3) is 0.357. The number of rotatable bonds is 7. The van der Waals surface area contributed by atoms with Gasteiger partial charge in [0.1, 0.15) is 0 Å². The summed E-state index contributed by atoms with van der Waals surface area (Å²) in [4.78, 5) is 23.5. The van der Waals surface area contributed by atoms with E-state index in [1.807, 2.05) is 31.3 Å². The van der Waals surface area contributed by atoms with E-state index in [0.29, 0.717) is 12.2 Å². The number of hydrogen-bond donors (Lipinski definition) is 4. The van der Waals surface area contributed by atoms with Gasteiger partial charge in [-0.3, -0.25) is 14.7 Å². The summed E-state index contributed by atoms with van der Waals surface area (Å²) in [5, 5.41) is 16.0. The molecule has 0 aliphatic carbocycles. The summed E-state index contributed by atoms with van der Waals surface area (Å²) >= 11 is 0. The minimum atomic E-state index is -0.282. The van der Waals surface area contributed by atoms with Crippen molar-refractivity contribution in [1.82, 2.24) is 26.1 Å². The second kappa shape index (κ2) is 7.39. The van der Waals surface area contributed by atoms with Gasteiger partial charge in [0.25, 0.3) is 5.91 Å². The molecule has 2 aromatic rings. The van der Waals surface area contributed by atoms with Crippen LogP contribution in [0.25, 0.3) is 10.9 Å². The summed E-state index contributed by atoms with van der Waals surface area (Å²) in [5.41, 5.74) is 1.16. The van der Waals surface area contributed by atoms with E-state index in [9.17, 15) is 9.59 Å². The van der Waals surface area contributed by atoms with Gasteiger partial charge in [0.2, 0.25) is 5.91 Å². The van der Waals surface area contributed by atoms with Crippen LogP contribution >= 0.6 is 0 Å². The molecule has 0 fully saturated rings. The summed E-state index contributed by atoms with van der Waals surface area (Å²) in [5.74, 6) is -0.368. The van der Waals surface area contributed by atoms with Gasteiger partial charge in [0.15, 0.2) is 5.69 Å². The third-order valence-electron chi connectivity index (χ3n) is 3.02. The zero-order valence-electron chi connectivity index (χ0n) is 11.9. The fourth-order valence-electron chi connectivity index (χ4n) is 1.93. The quantitative estimate of drug-likeness (QED) is 0.540. The molecule has 0 saturated carbocycles. The standard InChI is InChI=1S/C14H19N5O2/c1-15-8-9-16-12(20)6-7-17-14(21)13-10-4-2-3-5-11(10)18-19-13/h2-5,15H,6-9H2,1H3,(H,16,20)(H,17,21)(H,18,19). The van der Waals surface area contributed by atoms with Gasteiger partial charge in [-0.15, -0.1) is 0 Å². The Morgan fingerprint density at radius 1 is 1.14 bits per heavy atom. The average molecular weight is 289 g/mol. The van der Waals surface area contributed by atoms with Crippen molar-refractivity contribution in [2.24, 2.45) is 0 Å². The second-order valence-corrected chi connectivity index (χ2v) is 4.58. The number of carbonyl (C=O) groups excluding carboxylic acids is 2. The van der Waals surface area contributed by atoms with Crippen molar-refractivity contribution < 1.29 is 9.59 Å². The van der Waals surface area contributed by atoms with Crippen molar-refractivity contribution in [1.29, 1.82) is 0 Å². The molecule has 7 heteroatoms. The smallest absolute Gasteiger partial charge is 0.272 e. The first-order valence-electron chi connectivity index (χ1n) is 6.85. The molecule has 0 spiro atoms. The lowest BCUT2D eigenvalue weighted by molar-refractivity contribution is -0.120. The molecule has 0 saturated heterocycles. The van der Waals surface area contributed by atoms with Gasteiger partial charge < -0.3 is 16.0 Å². The largest absolute Gasteiger partial charge is 0.355 e. The second-order valence-electron chi connectivity index (χ2n) is 4.58. The molecule has 2 amide bonds. The van der Waals surface area contributed by atoms with Crippen molar-refractivity contribution in [3.8, 4) is 0 Å². The van der Waals surface area contributed by atoms with Crippen LogP contribution < -0.4 is 16.0 Å². The van der Waals surface area contributed by atoms with Gasteiger partial charge in [-0.1, -0.05) is 18.2 Å². The Balaban J connectivity index is 1.81. The average Bonchev–Trinajstić information content (AvgIpc) is 2.91. The minimum absolute atomic E-state index is 0.0857. The Hall–Kier alpha value is -2.41. The first kappa shape index (κ1) is 15.0. The molecule has 0 radical (unpaired) electrons. The monoisotopic (exact) mass is 289 g/mol. The molecule has 1 aromatic heterocycles. The van der Waals surface area contributed by atoms with Crippen LogP contribution in [-0.2, 0) is 4.79 Å². The number of nitrogens with zero attached hydrogens (tertiary/aromatic N) is 1. The van der Waals surface area contributed by atoms with E-state index in [2.05, 4.69) is 26.1 Å². The van der Waals surface area contributed by atoms with E-state index >= 15 is 0 Å². The maximum absolute atomic E-state index is 12.0. The van der Waals surface area contributed by atoms with Crippen LogP contribution in [0.15, 0.2) is 24.3 Å². The highest BCUT2D eigenvalue weighted by Crippen LogP contribution is 2.14. The maximum Gasteiger partial charge on any atom is 0.272 e. The van der Waals surface area contributed by atoms with Crippen molar-refractivity contribution in [3.05, 3.63) is 30.0 Å². The molecule has 0 unspecified atom stereocenters. The Morgan fingerprint density at radius 3 is 2.76 bits per heavy atom. The van der Waals surface area contributed by atoms with Gasteiger partial charge in [0, 0.05) is 31.4 Å². The highest BCUT2D eigenvalue weighted by atomic mass is 16.2. The van der Waals surface area contributed by atoms with Crippen molar-refractivity contribution in [2.45, 2.75) is 6.42 Å². The fourth-order valence-corrected chi connectivity index (χ4v) is 1.93. The van der Waals surface area contributed by atoms with Crippen LogP contribution in [0.3, 0.4) is 0 Å². The topological polar surface area (TPSA) is 98.9 Å². The van der Waals surface area contributed by atoms with Gasteiger partial charge in [-0.2, -0.15) is 5.10 Å². The van der Waals surface area contributed by atoms with Gasteiger partial charge in [-0.05, 0) is 13.1 Å². The molecule has 112 valence electrons. The van der Waals surface area contributed by atoms with E-state index in [1.54, 1.807) is 0 Å². The number of aromatic amines is 1. The first-order chi connectivity index (χ1) is 10.2. The molecule has 0 atom stereocenters. The van der Waals surface area contributed by atoms with E-state index in [-0.39, 0.29) is 24.8 Å². The highest BCUT2D eigenvalue weighted by Gasteiger charge is 2.13. The molecule has 0 bridgehead atoms. The number of amides is 2. The predicted octanol–water partition coefficient (Wildman–Crippen LogP) is 0.0184. The maximum atomic E-state index is 12.0. The van der Waals surface area contributed by atoms with Crippen molar-refractivity contribution in [3.63, 3.8) is 0 Å². The van der Waals surface area contributed by atoms with Gasteiger partial charge in [0.05, 0.1) is 5.52 Å². The van der Waals surface area contributed by atoms with Crippen LogP contribution in [0, 0.1) is 0 Å². The van der Waals surface area contributed by atoms with E-state index in [1.165, 1.54) is 0 Å². The molecule has 4 N–H and O–H groups in total. The number of H-pyrrole nitrogens is 1. The van der Waals surface area contributed by atoms with Crippen LogP contribution in [0.2, 0.25) is 0 Å². The summed E-state index contributed by atoms with van der Waals surface area (Å²) in [6.07, 6.45) is 0.248. The molecule has 0 aliphatic rings. The summed E-state index contributed by atoms with van der Waals surface area (Å²) in [6.45, 7) is 1.58. The lowest BCUT2D eigenvalue weighted by atomic mass is 10.2. The number of benzene rings is 1. The Morgan fingerprint density at radius 2 is 1.95 bits per heavy atom. The van der Waals surface area contributed by atoms with Gasteiger partial charge >= 0.3 is 0 Å². The van der Waals surface area contributed by atoms with E-state index in [4.69, 9.17) is 0 Å². The minimum Gasteiger partial charge on any atom is -0.355 e. The number of aromatic nitrogens is 2. The third kappa shape index (κ3) is 4.03. The van der Waals surface area contributed by atoms with Crippen LogP contribution in [0.1, 0.15) is 16.9 Å². The van der Waals surface area contributed by atoms with Crippen molar-refractivity contribution in [2.75, 3.05) is 26.7 Å². The number of fused-ring (bicyclic) bond motifs is 1. The van der Waals surface area contributed by atoms with Crippen LogP contribution in [0.4, 0.5) is 0 Å². The van der Waals surface area contributed by atoms with E-state index in [0.717, 1.165) is 17.4 Å². The number of likely N-dealkylation sites (N-methyl/N-ethyl adjacent to an activating group) is 1. The zero-order chi connectivity index (χ0) is 15.1. The Labute approximate surface area is 122 Å². The molecule has 21 heavy (non-hydrogen) atoms. The molecular formula is C14H19N5O2. The molecular weight excluding hydrogens is 270 g/mol. The lowest BCUT2D eigenvalue weighted by Crippen LogP contribution is -2.34. The number of carbonyl (C=O) groups is 2. The summed E-state index contributed by atoms with van der Waals surface area (Å²) < 4.78 is 0. The molecule has 1 aromatic carbocycles. The molecule has 7 nitrogen and oxygen atoms in total. The van der Waals surface area contributed by atoms with Crippen LogP contribution in [0.5, 0.6) is 0 Å². The van der Waals surface area contributed by atoms with E-state index < -0.39 is 0 Å². The number of nitrogens with one attached hydrogen (secondary N) is 4. The Kier molecular flexibility index (Phi) is 5.28. The highest BCUT2D eigenvalue weighted by molar-refractivity contribution is 6.04. The number of hydrogen-bond acceptors (Lipinski definition) is 4.